The molecule has 4 heteroatoms. The van der Waals surface area contributed by atoms with E-state index in [0.29, 0.717) is 29.2 Å². The highest BCUT2D eigenvalue weighted by Crippen LogP contribution is 2.32. The molecule has 1 aromatic carbocycles. The number of benzene rings is 1. The molecule has 1 aliphatic rings. The van der Waals surface area contributed by atoms with Crippen molar-refractivity contribution in [1.82, 2.24) is 0 Å². The average molecular weight is 255 g/mol. The van der Waals surface area contributed by atoms with Gasteiger partial charge in [0.1, 0.15) is 0 Å². The van der Waals surface area contributed by atoms with Crippen LogP contribution in [-0.2, 0) is 0 Å². The summed E-state index contributed by atoms with van der Waals surface area (Å²) < 4.78 is 0. The second-order valence-electron chi connectivity index (χ2n) is 4.75. The SMILES string of the molecule is Nc1ccc(NCC2CCCC2CO)c(Cl)c1. The Morgan fingerprint density at radius 2 is 2.12 bits per heavy atom. The van der Waals surface area contributed by atoms with Crippen molar-refractivity contribution in [2.75, 3.05) is 24.2 Å². The maximum Gasteiger partial charge on any atom is 0.0657 e. The molecule has 1 aliphatic carbocycles. The summed E-state index contributed by atoms with van der Waals surface area (Å²) in [6.07, 6.45) is 3.54. The minimum absolute atomic E-state index is 0.293. The maximum atomic E-state index is 9.25. The normalized spacial score (nSPS) is 23.9. The Labute approximate surface area is 107 Å². The minimum atomic E-state index is 0.293. The summed E-state index contributed by atoms with van der Waals surface area (Å²) in [6, 6.07) is 5.50. The molecule has 1 aromatic rings. The molecule has 2 rings (SSSR count). The molecule has 0 bridgehead atoms. The number of aliphatic hydroxyl groups is 1. The van der Waals surface area contributed by atoms with Crippen molar-refractivity contribution in [2.45, 2.75) is 19.3 Å². The molecule has 1 saturated carbocycles. The lowest BCUT2D eigenvalue weighted by Gasteiger charge is -2.19. The first kappa shape index (κ1) is 12.5. The number of hydrogen-bond donors (Lipinski definition) is 3. The van der Waals surface area contributed by atoms with E-state index in [2.05, 4.69) is 5.32 Å². The minimum Gasteiger partial charge on any atom is -0.399 e. The first-order chi connectivity index (χ1) is 8.20. The fourth-order valence-electron chi connectivity index (χ4n) is 2.54. The lowest BCUT2D eigenvalue weighted by Crippen LogP contribution is -2.20. The number of rotatable bonds is 4. The third-order valence-corrected chi connectivity index (χ3v) is 3.91. The predicted molar refractivity (Wildman–Crippen MR) is 72.3 cm³/mol. The van der Waals surface area contributed by atoms with Crippen molar-refractivity contribution in [2.24, 2.45) is 11.8 Å². The number of nitrogens with one attached hydrogen (secondary N) is 1. The number of nitrogen functional groups attached to an aromatic ring is 1. The van der Waals surface area contributed by atoms with Crippen LogP contribution in [0.1, 0.15) is 19.3 Å². The average Bonchev–Trinajstić information content (AvgIpc) is 2.75. The van der Waals surface area contributed by atoms with Gasteiger partial charge in [0.15, 0.2) is 0 Å². The summed E-state index contributed by atoms with van der Waals surface area (Å²) in [7, 11) is 0. The number of nitrogens with two attached hydrogens (primary N) is 1. The van der Waals surface area contributed by atoms with Gasteiger partial charge in [0.2, 0.25) is 0 Å². The molecule has 2 unspecified atom stereocenters. The monoisotopic (exact) mass is 254 g/mol. The zero-order chi connectivity index (χ0) is 12.3. The topological polar surface area (TPSA) is 58.3 Å². The fraction of sp³-hybridized carbons (Fsp3) is 0.538. The van der Waals surface area contributed by atoms with Gasteiger partial charge in [-0.05, 0) is 42.9 Å². The highest BCUT2D eigenvalue weighted by molar-refractivity contribution is 6.33. The first-order valence-corrected chi connectivity index (χ1v) is 6.48. The quantitative estimate of drug-likeness (QED) is 0.724. The van der Waals surface area contributed by atoms with Crippen molar-refractivity contribution in [3.05, 3.63) is 23.2 Å². The van der Waals surface area contributed by atoms with Crippen LogP contribution in [0.5, 0.6) is 0 Å². The lowest BCUT2D eigenvalue weighted by molar-refractivity contribution is 0.199. The zero-order valence-electron chi connectivity index (χ0n) is 9.82. The summed E-state index contributed by atoms with van der Waals surface area (Å²) in [5.41, 5.74) is 7.24. The van der Waals surface area contributed by atoms with E-state index >= 15 is 0 Å². The molecule has 0 heterocycles. The van der Waals surface area contributed by atoms with Crippen LogP contribution in [0.4, 0.5) is 11.4 Å². The van der Waals surface area contributed by atoms with E-state index in [4.69, 9.17) is 17.3 Å². The van der Waals surface area contributed by atoms with Gasteiger partial charge in [-0.15, -0.1) is 0 Å². The van der Waals surface area contributed by atoms with E-state index in [-0.39, 0.29) is 0 Å². The standard InChI is InChI=1S/C13H19ClN2O/c14-12-6-11(15)4-5-13(12)16-7-9-2-1-3-10(9)8-17/h4-6,9-10,16-17H,1-3,7-8,15H2. The molecule has 0 amide bonds. The van der Waals surface area contributed by atoms with Crippen LogP contribution < -0.4 is 11.1 Å². The molecule has 94 valence electrons. The van der Waals surface area contributed by atoms with E-state index in [1.807, 2.05) is 12.1 Å². The van der Waals surface area contributed by atoms with Crippen molar-refractivity contribution >= 4 is 23.0 Å². The smallest absolute Gasteiger partial charge is 0.0657 e. The lowest BCUT2D eigenvalue weighted by atomic mass is 9.97. The van der Waals surface area contributed by atoms with Gasteiger partial charge in [-0.25, -0.2) is 0 Å². The molecule has 1 fully saturated rings. The predicted octanol–water partition coefficient (Wildman–Crippen LogP) is 2.74. The van der Waals surface area contributed by atoms with Gasteiger partial charge in [-0.3, -0.25) is 0 Å². The van der Waals surface area contributed by atoms with Gasteiger partial charge >= 0.3 is 0 Å². The largest absolute Gasteiger partial charge is 0.399 e. The van der Waals surface area contributed by atoms with Crippen molar-refractivity contribution < 1.29 is 5.11 Å². The summed E-state index contributed by atoms with van der Waals surface area (Å²) in [4.78, 5) is 0. The Bertz CT molecular complexity index is 384. The van der Waals surface area contributed by atoms with Crippen LogP contribution >= 0.6 is 11.6 Å². The Hall–Kier alpha value is -0.930. The zero-order valence-corrected chi connectivity index (χ0v) is 10.6. The highest BCUT2D eigenvalue weighted by Gasteiger charge is 2.26. The van der Waals surface area contributed by atoms with Crippen LogP contribution in [-0.4, -0.2) is 18.3 Å². The van der Waals surface area contributed by atoms with E-state index in [0.717, 1.165) is 18.7 Å². The second-order valence-corrected chi connectivity index (χ2v) is 5.16. The fourth-order valence-corrected chi connectivity index (χ4v) is 2.79. The summed E-state index contributed by atoms with van der Waals surface area (Å²) >= 11 is 6.09. The molecule has 0 saturated heterocycles. The summed E-state index contributed by atoms with van der Waals surface area (Å²) in [5, 5.41) is 13.3. The molecule has 2 atom stereocenters. The summed E-state index contributed by atoms with van der Waals surface area (Å²) in [5.74, 6) is 0.990. The van der Waals surface area contributed by atoms with Gasteiger partial charge < -0.3 is 16.2 Å². The Balaban J connectivity index is 1.93. The number of aliphatic hydroxyl groups excluding tert-OH is 1. The summed E-state index contributed by atoms with van der Waals surface area (Å²) in [6.45, 7) is 1.16. The van der Waals surface area contributed by atoms with E-state index in [9.17, 15) is 5.11 Å². The molecule has 3 nitrogen and oxygen atoms in total. The maximum absolute atomic E-state index is 9.25. The Morgan fingerprint density at radius 1 is 1.35 bits per heavy atom. The van der Waals surface area contributed by atoms with Crippen molar-refractivity contribution in [1.29, 1.82) is 0 Å². The molecule has 17 heavy (non-hydrogen) atoms. The third kappa shape index (κ3) is 3.05. The Kier molecular flexibility index (Phi) is 4.13. The van der Waals surface area contributed by atoms with Crippen LogP contribution in [0.25, 0.3) is 0 Å². The van der Waals surface area contributed by atoms with Crippen molar-refractivity contribution in [3.8, 4) is 0 Å². The number of halogens is 1. The molecule has 0 aromatic heterocycles. The number of hydrogen-bond acceptors (Lipinski definition) is 3. The molecular formula is C13H19ClN2O. The van der Waals surface area contributed by atoms with E-state index < -0.39 is 0 Å². The van der Waals surface area contributed by atoms with Gasteiger partial charge in [0.05, 0.1) is 10.7 Å². The second kappa shape index (κ2) is 5.61. The van der Waals surface area contributed by atoms with Gasteiger partial charge in [0.25, 0.3) is 0 Å². The van der Waals surface area contributed by atoms with Crippen LogP contribution in [0, 0.1) is 11.8 Å². The Morgan fingerprint density at radius 3 is 2.82 bits per heavy atom. The van der Waals surface area contributed by atoms with Gasteiger partial charge in [-0.2, -0.15) is 0 Å². The van der Waals surface area contributed by atoms with E-state index in [1.54, 1.807) is 6.07 Å². The van der Waals surface area contributed by atoms with Crippen LogP contribution in [0.3, 0.4) is 0 Å². The molecule has 0 spiro atoms. The molecular weight excluding hydrogens is 236 g/mol. The first-order valence-electron chi connectivity index (χ1n) is 6.10. The van der Waals surface area contributed by atoms with Crippen LogP contribution in [0.15, 0.2) is 18.2 Å². The number of anilines is 2. The van der Waals surface area contributed by atoms with Gasteiger partial charge in [-0.1, -0.05) is 18.0 Å². The third-order valence-electron chi connectivity index (χ3n) is 3.60. The van der Waals surface area contributed by atoms with Gasteiger partial charge in [0, 0.05) is 18.8 Å². The molecule has 0 radical (unpaired) electrons. The highest BCUT2D eigenvalue weighted by atomic mass is 35.5. The van der Waals surface area contributed by atoms with Crippen LogP contribution in [0.2, 0.25) is 5.02 Å². The molecule has 4 N–H and O–H groups in total. The molecule has 0 aliphatic heterocycles. The van der Waals surface area contributed by atoms with Crippen molar-refractivity contribution in [3.63, 3.8) is 0 Å². The van der Waals surface area contributed by atoms with E-state index in [1.165, 1.54) is 12.8 Å².